The second-order valence-corrected chi connectivity index (χ2v) is 5.16. The van der Waals surface area contributed by atoms with Gasteiger partial charge in [0.05, 0.1) is 5.92 Å². The van der Waals surface area contributed by atoms with Gasteiger partial charge in [-0.1, -0.05) is 18.1 Å². The van der Waals surface area contributed by atoms with Gasteiger partial charge in [-0.15, -0.1) is 0 Å². The Labute approximate surface area is 126 Å². The molecule has 7 nitrogen and oxygen atoms in total. The van der Waals surface area contributed by atoms with Gasteiger partial charge in [0.15, 0.2) is 5.82 Å². The van der Waals surface area contributed by atoms with Crippen LogP contribution in [0, 0.1) is 5.92 Å². The molecule has 0 saturated carbocycles. The summed E-state index contributed by atoms with van der Waals surface area (Å²) in [5.41, 5.74) is 1.35. The summed E-state index contributed by atoms with van der Waals surface area (Å²) in [5.74, 6) is -0.796. The SMILES string of the molecule is CCc1noc(-c2cccc(N3C[C@@H](C(=O)O)CC3=O)c2)n1. The molecule has 114 valence electrons. The monoisotopic (exact) mass is 301 g/mol. The molecule has 22 heavy (non-hydrogen) atoms. The number of nitrogens with zero attached hydrogens (tertiary/aromatic N) is 3. The van der Waals surface area contributed by atoms with E-state index in [9.17, 15) is 9.59 Å². The summed E-state index contributed by atoms with van der Waals surface area (Å²) in [6.45, 7) is 2.11. The van der Waals surface area contributed by atoms with E-state index in [1.165, 1.54) is 4.90 Å². The van der Waals surface area contributed by atoms with E-state index in [1.807, 2.05) is 13.0 Å². The van der Waals surface area contributed by atoms with Gasteiger partial charge in [-0.2, -0.15) is 4.98 Å². The molecule has 1 N–H and O–H groups in total. The quantitative estimate of drug-likeness (QED) is 0.924. The van der Waals surface area contributed by atoms with Gasteiger partial charge in [0.1, 0.15) is 0 Å². The zero-order valence-electron chi connectivity index (χ0n) is 12.0. The van der Waals surface area contributed by atoms with E-state index in [2.05, 4.69) is 10.1 Å². The first-order chi connectivity index (χ1) is 10.6. The van der Waals surface area contributed by atoms with Crippen molar-refractivity contribution in [2.45, 2.75) is 19.8 Å². The van der Waals surface area contributed by atoms with Gasteiger partial charge < -0.3 is 14.5 Å². The van der Waals surface area contributed by atoms with Crippen LogP contribution in [-0.4, -0.2) is 33.7 Å². The molecule has 7 heteroatoms. The van der Waals surface area contributed by atoms with E-state index in [0.29, 0.717) is 29.4 Å². The van der Waals surface area contributed by atoms with Crippen LogP contribution < -0.4 is 4.90 Å². The average molecular weight is 301 g/mol. The van der Waals surface area contributed by atoms with Crippen LogP contribution in [0.15, 0.2) is 28.8 Å². The molecule has 0 bridgehead atoms. The van der Waals surface area contributed by atoms with Crippen molar-refractivity contribution in [1.82, 2.24) is 10.1 Å². The Kier molecular flexibility index (Phi) is 3.62. The number of carbonyl (C=O) groups is 2. The maximum absolute atomic E-state index is 12.0. The molecule has 1 amide bonds. The summed E-state index contributed by atoms with van der Waals surface area (Å²) in [6, 6.07) is 7.12. The third kappa shape index (κ3) is 2.57. The van der Waals surface area contributed by atoms with E-state index < -0.39 is 11.9 Å². The van der Waals surface area contributed by atoms with Crippen LogP contribution in [0.25, 0.3) is 11.5 Å². The maximum atomic E-state index is 12.0. The van der Waals surface area contributed by atoms with Gasteiger partial charge in [0, 0.05) is 30.6 Å². The minimum absolute atomic E-state index is 0.0279. The fourth-order valence-electron chi connectivity index (χ4n) is 2.44. The molecule has 1 atom stereocenters. The maximum Gasteiger partial charge on any atom is 0.308 e. The first-order valence-corrected chi connectivity index (χ1v) is 7.04. The molecule has 1 aromatic carbocycles. The Morgan fingerprint density at radius 3 is 2.95 bits per heavy atom. The van der Waals surface area contributed by atoms with E-state index in [4.69, 9.17) is 9.63 Å². The Bertz CT molecular complexity index is 725. The largest absolute Gasteiger partial charge is 0.481 e. The minimum atomic E-state index is -0.948. The molecular weight excluding hydrogens is 286 g/mol. The predicted molar refractivity (Wildman–Crippen MR) is 77.2 cm³/mol. The summed E-state index contributed by atoms with van der Waals surface area (Å²) >= 11 is 0. The Balaban J connectivity index is 1.88. The molecule has 0 radical (unpaired) electrons. The molecular formula is C15H15N3O4. The van der Waals surface area contributed by atoms with Crippen molar-refractivity contribution >= 4 is 17.6 Å². The van der Waals surface area contributed by atoms with Crippen molar-refractivity contribution in [1.29, 1.82) is 0 Å². The lowest BCUT2D eigenvalue weighted by molar-refractivity contribution is -0.141. The lowest BCUT2D eigenvalue weighted by Crippen LogP contribution is -2.25. The number of aromatic nitrogens is 2. The van der Waals surface area contributed by atoms with Crippen LogP contribution in [-0.2, 0) is 16.0 Å². The number of aryl methyl sites for hydroxylation is 1. The highest BCUT2D eigenvalue weighted by Gasteiger charge is 2.35. The van der Waals surface area contributed by atoms with E-state index >= 15 is 0 Å². The third-order valence-corrected chi connectivity index (χ3v) is 3.66. The number of carboxylic acid groups (broad SMARTS) is 1. The standard InChI is InChI=1S/C15H15N3O4/c1-2-12-16-14(22-17-12)9-4-3-5-11(6-9)18-8-10(15(20)21)7-13(18)19/h3-6,10H,2,7-8H2,1H3,(H,20,21)/t10-/m0/s1. The fraction of sp³-hybridized carbons (Fsp3) is 0.333. The van der Waals surface area contributed by atoms with Crippen molar-refractivity contribution < 1.29 is 19.2 Å². The third-order valence-electron chi connectivity index (χ3n) is 3.66. The van der Waals surface area contributed by atoms with Gasteiger partial charge in [-0.25, -0.2) is 0 Å². The normalized spacial score (nSPS) is 18.0. The smallest absolute Gasteiger partial charge is 0.308 e. The first kappa shape index (κ1) is 14.2. The highest BCUT2D eigenvalue weighted by Crippen LogP contribution is 2.28. The van der Waals surface area contributed by atoms with Crippen molar-refractivity contribution in [2.24, 2.45) is 5.92 Å². The number of aliphatic carboxylic acids is 1. The van der Waals surface area contributed by atoms with Crippen LogP contribution in [0.3, 0.4) is 0 Å². The van der Waals surface area contributed by atoms with Gasteiger partial charge in [0.25, 0.3) is 5.89 Å². The van der Waals surface area contributed by atoms with Crippen LogP contribution in [0.1, 0.15) is 19.2 Å². The number of carbonyl (C=O) groups excluding carboxylic acids is 1. The Morgan fingerprint density at radius 1 is 1.50 bits per heavy atom. The molecule has 1 aromatic heterocycles. The van der Waals surface area contributed by atoms with Crippen molar-refractivity contribution in [3.05, 3.63) is 30.1 Å². The summed E-state index contributed by atoms with van der Waals surface area (Å²) in [5, 5.41) is 12.9. The summed E-state index contributed by atoms with van der Waals surface area (Å²) in [7, 11) is 0. The zero-order valence-corrected chi connectivity index (χ0v) is 12.0. The van der Waals surface area contributed by atoms with Crippen molar-refractivity contribution in [2.75, 3.05) is 11.4 Å². The number of rotatable bonds is 4. The number of anilines is 1. The molecule has 0 spiro atoms. The predicted octanol–water partition coefficient (Wildman–Crippen LogP) is 1.74. The molecule has 1 saturated heterocycles. The van der Waals surface area contributed by atoms with E-state index in [0.717, 1.165) is 0 Å². The number of hydrogen-bond acceptors (Lipinski definition) is 5. The molecule has 3 rings (SSSR count). The molecule has 0 unspecified atom stereocenters. The summed E-state index contributed by atoms with van der Waals surface area (Å²) < 4.78 is 5.19. The number of carboxylic acids is 1. The van der Waals surface area contributed by atoms with Gasteiger partial charge >= 0.3 is 5.97 Å². The summed E-state index contributed by atoms with van der Waals surface area (Å²) in [4.78, 5) is 28.8. The van der Waals surface area contributed by atoms with Crippen LogP contribution >= 0.6 is 0 Å². The fourth-order valence-corrected chi connectivity index (χ4v) is 2.44. The van der Waals surface area contributed by atoms with Gasteiger partial charge in [-0.3, -0.25) is 9.59 Å². The van der Waals surface area contributed by atoms with E-state index in [-0.39, 0.29) is 18.9 Å². The van der Waals surface area contributed by atoms with Gasteiger partial charge in [-0.05, 0) is 18.2 Å². The first-order valence-electron chi connectivity index (χ1n) is 7.04. The number of benzene rings is 1. The topological polar surface area (TPSA) is 96.5 Å². The molecule has 1 aliphatic rings. The second-order valence-electron chi connectivity index (χ2n) is 5.16. The highest BCUT2D eigenvalue weighted by atomic mass is 16.5. The Hall–Kier alpha value is -2.70. The Morgan fingerprint density at radius 2 is 2.32 bits per heavy atom. The zero-order chi connectivity index (χ0) is 15.7. The van der Waals surface area contributed by atoms with Crippen LogP contribution in [0.4, 0.5) is 5.69 Å². The lowest BCUT2D eigenvalue weighted by Gasteiger charge is -2.16. The van der Waals surface area contributed by atoms with E-state index in [1.54, 1.807) is 18.2 Å². The minimum Gasteiger partial charge on any atom is -0.481 e. The lowest BCUT2D eigenvalue weighted by atomic mass is 10.1. The molecule has 1 fully saturated rings. The molecule has 2 heterocycles. The summed E-state index contributed by atoms with van der Waals surface area (Å²) in [6.07, 6.45) is 0.703. The van der Waals surface area contributed by atoms with Crippen LogP contribution in [0.5, 0.6) is 0 Å². The molecule has 2 aromatic rings. The molecule has 1 aliphatic heterocycles. The number of amides is 1. The highest BCUT2D eigenvalue weighted by molar-refractivity contribution is 5.99. The van der Waals surface area contributed by atoms with Gasteiger partial charge in [0.2, 0.25) is 5.91 Å². The average Bonchev–Trinajstić information content (AvgIpc) is 3.14. The molecule has 0 aliphatic carbocycles. The van der Waals surface area contributed by atoms with Crippen molar-refractivity contribution in [3.8, 4) is 11.5 Å². The number of hydrogen-bond donors (Lipinski definition) is 1. The second kappa shape index (κ2) is 5.59. The van der Waals surface area contributed by atoms with Crippen LogP contribution in [0.2, 0.25) is 0 Å². The van der Waals surface area contributed by atoms with Crippen molar-refractivity contribution in [3.63, 3.8) is 0 Å².